The number of nitrogens with one attached hydrogen (secondary N) is 2. The third-order valence-corrected chi connectivity index (χ3v) is 5.51. The molecular weight excluding hydrogens is 344 g/mol. The molecule has 7 nitrogen and oxygen atoms in total. The number of urea groups is 1. The Morgan fingerprint density at radius 2 is 2.23 bits per heavy atom. The fourth-order valence-corrected chi connectivity index (χ4v) is 4.00. The zero-order valence-corrected chi connectivity index (χ0v) is 14.3. The maximum absolute atomic E-state index is 11.8. The summed E-state index contributed by atoms with van der Waals surface area (Å²) < 4.78 is 5.32. The second-order valence-corrected chi connectivity index (χ2v) is 7.34. The highest BCUT2D eigenvalue weighted by Gasteiger charge is 2.21. The van der Waals surface area contributed by atoms with Gasteiger partial charge in [0.1, 0.15) is 5.25 Å². The molecule has 2 heterocycles. The van der Waals surface area contributed by atoms with Crippen LogP contribution in [0.1, 0.15) is 13.3 Å². The largest absolute Gasteiger partial charge is 0.468 e. The molecule has 0 saturated carbocycles. The molecule has 2 amide bonds. The van der Waals surface area contributed by atoms with Crippen molar-refractivity contribution < 1.29 is 14.3 Å². The minimum atomic E-state index is -0.379. The molecule has 0 fully saturated rings. The van der Waals surface area contributed by atoms with Gasteiger partial charge in [-0.25, -0.2) is 4.79 Å². The monoisotopic (exact) mass is 358 g/mol. The van der Waals surface area contributed by atoms with Crippen molar-refractivity contribution in [1.29, 1.82) is 0 Å². The number of hydrogen-bond donors (Lipinski definition) is 2. The van der Waals surface area contributed by atoms with Crippen molar-refractivity contribution in [3.05, 3.63) is 17.5 Å². The molecule has 2 rings (SSSR count). The van der Waals surface area contributed by atoms with Gasteiger partial charge in [0.25, 0.3) is 0 Å². The second kappa shape index (κ2) is 8.11. The van der Waals surface area contributed by atoms with Gasteiger partial charge in [0.2, 0.25) is 5.13 Å². The summed E-state index contributed by atoms with van der Waals surface area (Å²) in [7, 11) is 1.35. The molecule has 10 heteroatoms. The summed E-state index contributed by atoms with van der Waals surface area (Å²) in [5.74, 6) is -0.298. The van der Waals surface area contributed by atoms with Crippen LogP contribution in [0.2, 0.25) is 0 Å². The van der Waals surface area contributed by atoms with Crippen LogP contribution in [-0.2, 0) is 9.53 Å². The zero-order chi connectivity index (χ0) is 15.9. The summed E-state index contributed by atoms with van der Waals surface area (Å²) in [5.41, 5.74) is 0. The summed E-state index contributed by atoms with van der Waals surface area (Å²) >= 11 is 3.91. The average molecular weight is 358 g/mol. The molecule has 0 aliphatic rings. The Hall–Kier alpha value is -1.65. The number of thiophene rings is 1. The van der Waals surface area contributed by atoms with Crippen LogP contribution in [0.4, 0.5) is 14.9 Å². The maximum atomic E-state index is 11.8. The van der Waals surface area contributed by atoms with Gasteiger partial charge in [0, 0.05) is 0 Å². The van der Waals surface area contributed by atoms with E-state index in [9.17, 15) is 9.59 Å². The van der Waals surface area contributed by atoms with Gasteiger partial charge in [-0.15, -0.1) is 21.5 Å². The van der Waals surface area contributed by atoms with Crippen LogP contribution in [-0.4, -0.2) is 34.6 Å². The molecule has 2 aromatic rings. The van der Waals surface area contributed by atoms with Gasteiger partial charge in [-0.1, -0.05) is 30.0 Å². The van der Waals surface area contributed by atoms with Crippen LogP contribution in [0.15, 0.2) is 21.9 Å². The number of anilines is 2. The SMILES string of the molecule is CC[C@H](Sc1nnc(NC(=O)Nc2cccs2)s1)C(=O)OC. The Balaban J connectivity index is 1.90. The standard InChI is InChI=1S/C12H14N4O3S3/c1-3-7(9(17)19-2)21-12-16-15-11(22-12)14-10(18)13-8-5-4-6-20-8/h4-7H,3H2,1-2H3,(H2,13,14,15,18)/t7-/m0/s1. The molecule has 0 aliphatic heterocycles. The number of esters is 1. The first-order chi connectivity index (χ1) is 10.6. The summed E-state index contributed by atoms with van der Waals surface area (Å²) in [6.45, 7) is 1.89. The number of hydrogen-bond acceptors (Lipinski definition) is 8. The number of rotatable bonds is 6. The van der Waals surface area contributed by atoms with Crippen molar-refractivity contribution in [2.45, 2.75) is 22.9 Å². The van der Waals surface area contributed by atoms with Crippen LogP contribution < -0.4 is 10.6 Å². The van der Waals surface area contributed by atoms with Crippen LogP contribution >= 0.6 is 34.4 Å². The van der Waals surface area contributed by atoms with E-state index in [1.165, 1.54) is 41.5 Å². The van der Waals surface area contributed by atoms with Gasteiger partial charge in [-0.3, -0.25) is 15.4 Å². The van der Waals surface area contributed by atoms with Crippen LogP contribution in [0.25, 0.3) is 0 Å². The van der Waals surface area contributed by atoms with Crippen molar-refractivity contribution in [3.63, 3.8) is 0 Å². The number of thioether (sulfide) groups is 1. The highest BCUT2D eigenvalue weighted by molar-refractivity contribution is 8.02. The van der Waals surface area contributed by atoms with Gasteiger partial charge in [0.15, 0.2) is 4.34 Å². The molecule has 0 aliphatic carbocycles. The second-order valence-electron chi connectivity index (χ2n) is 3.97. The lowest BCUT2D eigenvalue weighted by Crippen LogP contribution is -2.18. The van der Waals surface area contributed by atoms with Gasteiger partial charge < -0.3 is 4.74 Å². The first-order valence-electron chi connectivity index (χ1n) is 6.32. The topological polar surface area (TPSA) is 93.2 Å². The summed E-state index contributed by atoms with van der Waals surface area (Å²) in [4.78, 5) is 23.3. The van der Waals surface area contributed by atoms with Gasteiger partial charge in [0.05, 0.1) is 12.1 Å². The predicted octanol–water partition coefficient (Wildman–Crippen LogP) is 3.29. The number of carbonyl (C=O) groups is 2. The smallest absolute Gasteiger partial charge is 0.326 e. The van der Waals surface area contributed by atoms with E-state index in [4.69, 9.17) is 4.74 Å². The van der Waals surface area contributed by atoms with Crippen molar-refractivity contribution >= 4 is 56.6 Å². The molecule has 0 aromatic carbocycles. The molecule has 0 bridgehead atoms. The lowest BCUT2D eigenvalue weighted by molar-refractivity contribution is -0.140. The Morgan fingerprint density at radius 3 is 2.86 bits per heavy atom. The van der Waals surface area contributed by atoms with E-state index < -0.39 is 0 Å². The van der Waals surface area contributed by atoms with Crippen LogP contribution in [0, 0.1) is 0 Å². The highest BCUT2D eigenvalue weighted by Crippen LogP contribution is 2.31. The van der Waals surface area contributed by atoms with Crippen LogP contribution in [0.5, 0.6) is 0 Å². The summed E-state index contributed by atoms with van der Waals surface area (Å²) in [5, 5.41) is 15.8. The van der Waals surface area contributed by atoms with Crippen molar-refractivity contribution in [2.75, 3.05) is 17.7 Å². The van der Waals surface area contributed by atoms with Crippen molar-refractivity contribution in [3.8, 4) is 0 Å². The fraction of sp³-hybridized carbons (Fsp3) is 0.333. The number of aromatic nitrogens is 2. The van der Waals surface area contributed by atoms with E-state index in [0.29, 0.717) is 15.9 Å². The van der Waals surface area contributed by atoms with Crippen LogP contribution in [0.3, 0.4) is 0 Å². The Labute approximate surface area is 139 Å². The van der Waals surface area contributed by atoms with Crippen molar-refractivity contribution in [2.24, 2.45) is 0 Å². The molecule has 0 spiro atoms. The van der Waals surface area contributed by atoms with Gasteiger partial charge >= 0.3 is 12.0 Å². The summed E-state index contributed by atoms with van der Waals surface area (Å²) in [6.07, 6.45) is 0.624. The third kappa shape index (κ3) is 4.68. The number of methoxy groups -OCH3 is 1. The van der Waals surface area contributed by atoms with E-state index in [2.05, 4.69) is 20.8 Å². The minimum absolute atomic E-state index is 0.298. The van der Waals surface area contributed by atoms with Crippen molar-refractivity contribution in [1.82, 2.24) is 10.2 Å². The number of carbonyl (C=O) groups excluding carboxylic acids is 2. The highest BCUT2D eigenvalue weighted by atomic mass is 32.2. The molecule has 0 saturated heterocycles. The molecule has 1 atom stereocenters. The average Bonchev–Trinajstić information content (AvgIpc) is 3.16. The molecule has 2 N–H and O–H groups in total. The lowest BCUT2D eigenvalue weighted by Gasteiger charge is -2.08. The van der Waals surface area contributed by atoms with Gasteiger partial charge in [-0.05, 0) is 23.9 Å². The molecule has 0 radical (unpaired) electrons. The minimum Gasteiger partial charge on any atom is -0.468 e. The number of nitrogens with zero attached hydrogens (tertiary/aromatic N) is 2. The molecule has 118 valence electrons. The van der Waals surface area contributed by atoms with E-state index in [-0.39, 0.29) is 17.3 Å². The Morgan fingerprint density at radius 1 is 1.41 bits per heavy atom. The predicted molar refractivity (Wildman–Crippen MR) is 88.8 cm³/mol. The van der Waals surface area contributed by atoms with Gasteiger partial charge in [-0.2, -0.15) is 0 Å². The first-order valence-corrected chi connectivity index (χ1v) is 8.89. The van der Waals surface area contributed by atoms with E-state index in [1.54, 1.807) is 6.07 Å². The van der Waals surface area contributed by atoms with E-state index in [0.717, 1.165) is 5.00 Å². The Kier molecular flexibility index (Phi) is 6.16. The van der Waals surface area contributed by atoms with E-state index >= 15 is 0 Å². The first kappa shape index (κ1) is 16.7. The molecule has 2 aromatic heterocycles. The fourth-order valence-electron chi connectivity index (χ4n) is 1.45. The Bertz CT molecular complexity index is 629. The number of amides is 2. The number of ether oxygens (including phenoxy) is 1. The zero-order valence-electron chi connectivity index (χ0n) is 11.9. The lowest BCUT2D eigenvalue weighted by atomic mass is 10.3. The third-order valence-electron chi connectivity index (χ3n) is 2.46. The summed E-state index contributed by atoms with van der Waals surface area (Å²) in [6, 6.07) is 3.26. The molecular formula is C12H14N4O3S3. The normalized spacial score (nSPS) is 11.7. The molecule has 22 heavy (non-hydrogen) atoms. The molecule has 0 unspecified atom stereocenters. The quantitative estimate of drug-likeness (QED) is 0.467. The van der Waals surface area contributed by atoms with E-state index in [1.807, 2.05) is 18.4 Å². The maximum Gasteiger partial charge on any atom is 0.326 e.